The zero-order valence-corrected chi connectivity index (χ0v) is 12.6. The number of nitrogens with one attached hydrogen (secondary N) is 1. The Bertz CT molecular complexity index is 509. The maximum atomic E-state index is 11.5. The number of likely N-dealkylation sites (N-methyl/N-ethyl adjacent to an activating group) is 1. The van der Waals surface area contributed by atoms with Crippen LogP contribution in [0.25, 0.3) is 0 Å². The summed E-state index contributed by atoms with van der Waals surface area (Å²) in [7, 11) is 2.96. The second-order valence-electron chi connectivity index (χ2n) is 4.64. The first kappa shape index (κ1) is 17.6. The first-order valence-corrected chi connectivity index (χ1v) is 6.64. The molecule has 8 nitrogen and oxygen atoms in total. The van der Waals surface area contributed by atoms with E-state index in [-0.39, 0.29) is 19.7 Å². The number of carbonyl (C=O) groups excluding carboxylic acids is 2. The van der Waals surface area contributed by atoms with Crippen LogP contribution in [0.3, 0.4) is 0 Å². The van der Waals surface area contributed by atoms with Crippen molar-refractivity contribution in [3.8, 4) is 11.5 Å². The highest BCUT2D eigenvalue weighted by atomic mass is 16.5. The molecule has 8 heteroatoms. The van der Waals surface area contributed by atoms with Crippen LogP contribution in [0.15, 0.2) is 24.3 Å². The molecule has 4 N–H and O–H groups in total. The van der Waals surface area contributed by atoms with E-state index in [4.69, 9.17) is 15.2 Å². The quantitative estimate of drug-likeness (QED) is 0.602. The van der Waals surface area contributed by atoms with Crippen LogP contribution in [0.2, 0.25) is 0 Å². The van der Waals surface area contributed by atoms with E-state index in [9.17, 15) is 14.7 Å². The molecule has 0 saturated heterocycles. The fourth-order valence-electron chi connectivity index (χ4n) is 1.52. The molecule has 0 aromatic heterocycles. The van der Waals surface area contributed by atoms with Crippen molar-refractivity contribution in [3.63, 3.8) is 0 Å². The zero-order valence-electron chi connectivity index (χ0n) is 12.6. The van der Waals surface area contributed by atoms with Gasteiger partial charge in [-0.15, -0.1) is 0 Å². The van der Waals surface area contributed by atoms with Gasteiger partial charge < -0.3 is 30.5 Å². The van der Waals surface area contributed by atoms with Crippen molar-refractivity contribution in [3.05, 3.63) is 24.3 Å². The summed E-state index contributed by atoms with van der Waals surface area (Å²) in [5.74, 6) is 0.787. The molecular formula is C14H21N3O5. The average molecular weight is 311 g/mol. The molecule has 1 unspecified atom stereocenters. The van der Waals surface area contributed by atoms with E-state index in [2.05, 4.69) is 5.32 Å². The van der Waals surface area contributed by atoms with Crippen LogP contribution >= 0.6 is 0 Å². The van der Waals surface area contributed by atoms with E-state index in [0.29, 0.717) is 11.5 Å². The highest BCUT2D eigenvalue weighted by molar-refractivity contribution is 5.83. The number of amides is 3. The second-order valence-corrected chi connectivity index (χ2v) is 4.64. The van der Waals surface area contributed by atoms with Gasteiger partial charge in [0.05, 0.1) is 7.11 Å². The third-order valence-corrected chi connectivity index (χ3v) is 2.78. The van der Waals surface area contributed by atoms with Gasteiger partial charge in [-0.2, -0.15) is 0 Å². The Labute approximate surface area is 128 Å². The number of rotatable bonds is 8. The highest BCUT2D eigenvalue weighted by Gasteiger charge is 2.12. The molecule has 1 rings (SSSR count). The molecule has 0 spiro atoms. The second kappa shape index (κ2) is 8.73. The van der Waals surface area contributed by atoms with E-state index in [1.165, 1.54) is 7.05 Å². The lowest BCUT2D eigenvalue weighted by Crippen LogP contribution is -2.43. The molecule has 3 amide bonds. The van der Waals surface area contributed by atoms with Crippen LogP contribution in [0, 0.1) is 0 Å². The number of nitrogens with two attached hydrogens (primary N) is 1. The van der Waals surface area contributed by atoms with Crippen LogP contribution in [0.4, 0.5) is 4.79 Å². The van der Waals surface area contributed by atoms with Crippen LogP contribution in [-0.2, 0) is 4.79 Å². The number of aliphatic hydroxyl groups excluding tert-OH is 1. The topological polar surface area (TPSA) is 114 Å². The maximum absolute atomic E-state index is 11.5. The summed E-state index contributed by atoms with van der Waals surface area (Å²) in [6.45, 7) is -0.146. The molecule has 0 heterocycles. The highest BCUT2D eigenvalue weighted by Crippen LogP contribution is 2.18. The Kier molecular flexibility index (Phi) is 6.97. The largest absolute Gasteiger partial charge is 0.497 e. The Morgan fingerprint density at radius 3 is 2.73 bits per heavy atom. The number of hydrogen-bond acceptors (Lipinski definition) is 5. The van der Waals surface area contributed by atoms with Crippen LogP contribution in [-0.4, -0.2) is 61.9 Å². The van der Waals surface area contributed by atoms with Crippen molar-refractivity contribution in [2.45, 2.75) is 6.10 Å². The standard InChI is InChI=1S/C14H21N3O5/c1-17(14(15)20)8-13(19)16-7-10(18)9-22-12-5-3-4-11(6-12)21-2/h3-6,10,18H,7-9H2,1-2H3,(H2,15,20)(H,16,19). The van der Waals surface area contributed by atoms with Crippen LogP contribution < -0.4 is 20.5 Å². The van der Waals surface area contributed by atoms with E-state index in [0.717, 1.165) is 4.90 Å². The Morgan fingerprint density at radius 1 is 1.41 bits per heavy atom. The molecule has 1 aromatic rings. The zero-order chi connectivity index (χ0) is 16.5. The number of benzene rings is 1. The molecule has 0 aliphatic heterocycles. The molecule has 1 aromatic carbocycles. The van der Waals surface area contributed by atoms with Gasteiger partial charge in [0.25, 0.3) is 0 Å². The average Bonchev–Trinajstić information content (AvgIpc) is 2.51. The Hall–Kier alpha value is -2.48. The number of primary amides is 1. The lowest BCUT2D eigenvalue weighted by atomic mass is 10.3. The van der Waals surface area contributed by atoms with E-state index in [1.54, 1.807) is 31.4 Å². The van der Waals surface area contributed by atoms with Gasteiger partial charge in [0.2, 0.25) is 5.91 Å². The van der Waals surface area contributed by atoms with E-state index < -0.39 is 18.0 Å². The van der Waals surface area contributed by atoms with Crippen LogP contribution in [0.5, 0.6) is 11.5 Å². The summed E-state index contributed by atoms with van der Waals surface area (Å²) >= 11 is 0. The van der Waals surface area contributed by atoms with Crippen molar-refractivity contribution in [1.29, 1.82) is 0 Å². The molecule has 0 bridgehead atoms. The summed E-state index contributed by atoms with van der Waals surface area (Å²) in [5.41, 5.74) is 5.00. The first-order valence-electron chi connectivity index (χ1n) is 6.64. The SMILES string of the molecule is COc1cccc(OCC(O)CNC(=O)CN(C)C(N)=O)c1. The molecule has 22 heavy (non-hydrogen) atoms. The Balaban J connectivity index is 2.29. The minimum atomic E-state index is -0.881. The van der Waals surface area contributed by atoms with Gasteiger partial charge in [-0.05, 0) is 12.1 Å². The molecular weight excluding hydrogens is 290 g/mol. The number of ether oxygens (including phenoxy) is 2. The Morgan fingerprint density at radius 2 is 2.09 bits per heavy atom. The lowest BCUT2D eigenvalue weighted by molar-refractivity contribution is -0.122. The minimum absolute atomic E-state index is 0.00933. The first-order chi connectivity index (χ1) is 10.4. The lowest BCUT2D eigenvalue weighted by Gasteiger charge is -2.16. The fraction of sp³-hybridized carbons (Fsp3) is 0.429. The monoisotopic (exact) mass is 311 g/mol. The molecule has 0 radical (unpaired) electrons. The van der Waals surface area contributed by atoms with Crippen molar-refractivity contribution in [2.24, 2.45) is 5.73 Å². The van der Waals surface area contributed by atoms with Gasteiger partial charge in [0, 0.05) is 19.7 Å². The third-order valence-electron chi connectivity index (χ3n) is 2.78. The molecule has 1 atom stereocenters. The minimum Gasteiger partial charge on any atom is -0.497 e. The van der Waals surface area contributed by atoms with Gasteiger partial charge in [0.1, 0.15) is 30.8 Å². The summed E-state index contributed by atoms with van der Waals surface area (Å²) in [4.78, 5) is 23.3. The van der Waals surface area contributed by atoms with Crippen molar-refractivity contribution in [2.75, 3.05) is 33.9 Å². The third kappa shape index (κ3) is 6.31. The predicted octanol–water partition coefficient (Wildman–Crippen LogP) is -0.438. The number of nitrogens with zero attached hydrogens (tertiary/aromatic N) is 1. The number of urea groups is 1. The molecule has 0 fully saturated rings. The van der Waals surface area contributed by atoms with Crippen LogP contribution in [0.1, 0.15) is 0 Å². The van der Waals surface area contributed by atoms with Gasteiger partial charge in [-0.3, -0.25) is 4.79 Å². The molecule has 122 valence electrons. The molecule has 0 aliphatic carbocycles. The van der Waals surface area contributed by atoms with Gasteiger partial charge in [-0.25, -0.2) is 4.79 Å². The summed E-state index contributed by atoms with van der Waals surface area (Å²) < 4.78 is 10.5. The number of carbonyl (C=O) groups is 2. The summed E-state index contributed by atoms with van der Waals surface area (Å²) in [5, 5.41) is 12.2. The predicted molar refractivity (Wildman–Crippen MR) is 79.7 cm³/mol. The van der Waals surface area contributed by atoms with Gasteiger partial charge >= 0.3 is 6.03 Å². The number of hydrogen-bond donors (Lipinski definition) is 3. The number of methoxy groups -OCH3 is 1. The van der Waals surface area contributed by atoms with Crippen molar-refractivity contribution >= 4 is 11.9 Å². The van der Waals surface area contributed by atoms with E-state index in [1.807, 2.05) is 0 Å². The number of aliphatic hydroxyl groups is 1. The molecule has 0 saturated carbocycles. The molecule has 0 aliphatic rings. The van der Waals surface area contributed by atoms with Crippen molar-refractivity contribution in [1.82, 2.24) is 10.2 Å². The van der Waals surface area contributed by atoms with Gasteiger partial charge in [-0.1, -0.05) is 6.07 Å². The maximum Gasteiger partial charge on any atom is 0.314 e. The fourth-order valence-corrected chi connectivity index (χ4v) is 1.52. The van der Waals surface area contributed by atoms with E-state index >= 15 is 0 Å². The normalized spacial score (nSPS) is 11.4. The summed E-state index contributed by atoms with van der Waals surface area (Å²) in [6.07, 6.45) is -0.881. The van der Waals surface area contributed by atoms with Gasteiger partial charge in [0.15, 0.2) is 0 Å². The smallest absolute Gasteiger partial charge is 0.314 e. The van der Waals surface area contributed by atoms with Crippen molar-refractivity contribution < 1.29 is 24.2 Å². The summed E-state index contributed by atoms with van der Waals surface area (Å²) in [6, 6.07) is 6.26.